The van der Waals surface area contributed by atoms with Gasteiger partial charge in [-0.3, -0.25) is 4.79 Å². The SMILES string of the molecule is Cc1ccccc1C(C)NC(=O)c1cn(C)c2ccccc12. The van der Waals surface area contributed by atoms with Crippen LogP contribution in [0.15, 0.2) is 54.7 Å². The third-order valence-electron chi connectivity index (χ3n) is 4.14. The van der Waals surface area contributed by atoms with E-state index >= 15 is 0 Å². The Balaban J connectivity index is 1.89. The van der Waals surface area contributed by atoms with E-state index in [2.05, 4.69) is 24.4 Å². The molecule has 3 aromatic rings. The van der Waals surface area contributed by atoms with Crippen molar-refractivity contribution in [2.75, 3.05) is 0 Å². The number of hydrogen-bond acceptors (Lipinski definition) is 1. The van der Waals surface area contributed by atoms with Crippen LogP contribution in [0.4, 0.5) is 0 Å². The Labute approximate surface area is 130 Å². The number of carbonyl (C=O) groups is 1. The fourth-order valence-corrected chi connectivity index (χ4v) is 2.95. The molecule has 0 saturated carbocycles. The summed E-state index contributed by atoms with van der Waals surface area (Å²) >= 11 is 0. The van der Waals surface area contributed by atoms with Gasteiger partial charge in [-0.15, -0.1) is 0 Å². The standard InChI is InChI=1S/C19H20N2O/c1-13-8-4-5-9-15(13)14(2)20-19(22)17-12-21(3)18-11-7-6-10-16(17)18/h4-12,14H,1-3H3,(H,20,22). The summed E-state index contributed by atoms with van der Waals surface area (Å²) in [6, 6.07) is 16.1. The van der Waals surface area contributed by atoms with Crippen LogP contribution in [-0.4, -0.2) is 10.5 Å². The first-order chi connectivity index (χ1) is 10.6. The normalized spacial score (nSPS) is 12.3. The minimum Gasteiger partial charge on any atom is -0.350 e. The van der Waals surface area contributed by atoms with E-state index in [4.69, 9.17) is 0 Å². The monoisotopic (exact) mass is 292 g/mol. The number of aromatic nitrogens is 1. The Bertz CT molecular complexity index is 832. The zero-order chi connectivity index (χ0) is 15.7. The topological polar surface area (TPSA) is 34.0 Å². The van der Waals surface area contributed by atoms with E-state index in [0.29, 0.717) is 0 Å². The number of fused-ring (bicyclic) bond motifs is 1. The molecule has 1 aromatic heterocycles. The maximum atomic E-state index is 12.6. The van der Waals surface area contributed by atoms with Crippen LogP contribution >= 0.6 is 0 Å². The van der Waals surface area contributed by atoms with Crippen molar-refractivity contribution in [3.05, 3.63) is 71.4 Å². The summed E-state index contributed by atoms with van der Waals surface area (Å²) in [5.74, 6) is -0.0347. The highest BCUT2D eigenvalue weighted by atomic mass is 16.1. The Morgan fingerprint density at radius 2 is 1.77 bits per heavy atom. The van der Waals surface area contributed by atoms with Gasteiger partial charge in [-0.2, -0.15) is 0 Å². The molecule has 3 nitrogen and oxygen atoms in total. The first kappa shape index (κ1) is 14.4. The quantitative estimate of drug-likeness (QED) is 0.778. The molecule has 0 spiro atoms. The Kier molecular flexibility index (Phi) is 3.72. The first-order valence-corrected chi connectivity index (χ1v) is 7.48. The molecule has 22 heavy (non-hydrogen) atoms. The minimum absolute atomic E-state index is 0.0207. The highest BCUT2D eigenvalue weighted by Gasteiger charge is 2.17. The van der Waals surface area contributed by atoms with Gasteiger partial charge in [-0.25, -0.2) is 0 Å². The molecule has 0 fully saturated rings. The van der Waals surface area contributed by atoms with Crippen LogP contribution in [0.1, 0.15) is 34.5 Å². The van der Waals surface area contributed by atoms with Crippen LogP contribution in [0.2, 0.25) is 0 Å². The second kappa shape index (κ2) is 5.68. The van der Waals surface area contributed by atoms with Crippen LogP contribution in [-0.2, 0) is 7.05 Å². The van der Waals surface area contributed by atoms with Crippen LogP contribution in [0, 0.1) is 6.92 Å². The summed E-state index contributed by atoms with van der Waals surface area (Å²) in [6.07, 6.45) is 1.89. The van der Waals surface area contributed by atoms with Gasteiger partial charge in [0.1, 0.15) is 0 Å². The van der Waals surface area contributed by atoms with Gasteiger partial charge in [0.05, 0.1) is 11.6 Å². The highest BCUT2D eigenvalue weighted by molar-refractivity contribution is 6.07. The Morgan fingerprint density at radius 3 is 2.55 bits per heavy atom. The van der Waals surface area contributed by atoms with Crippen molar-refractivity contribution in [2.24, 2.45) is 7.05 Å². The molecule has 0 aliphatic rings. The molecule has 0 aliphatic heterocycles. The van der Waals surface area contributed by atoms with E-state index < -0.39 is 0 Å². The molecule has 1 N–H and O–H groups in total. The van der Waals surface area contributed by atoms with Gasteiger partial charge in [0, 0.05) is 24.1 Å². The molecule has 112 valence electrons. The van der Waals surface area contributed by atoms with Crippen LogP contribution in [0.5, 0.6) is 0 Å². The lowest BCUT2D eigenvalue weighted by atomic mass is 10.0. The molecule has 0 bridgehead atoms. The highest BCUT2D eigenvalue weighted by Crippen LogP contribution is 2.22. The van der Waals surface area contributed by atoms with E-state index in [-0.39, 0.29) is 11.9 Å². The molecule has 1 heterocycles. The number of amides is 1. The Hall–Kier alpha value is -2.55. The van der Waals surface area contributed by atoms with Crippen LogP contribution in [0.3, 0.4) is 0 Å². The third kappa shape index (κ3) is 2.50. The van der Waals surface area contributed by atoms with Gasteiger partial charge in [0.15, 0.2) is 0 Å². The van der Waals surface area contributed by atoms with Crippen molar-refractivity contribution < 1.29 is 4.79 Å². The molecule has 0 aliphatic carbocycles. The molecule has 1 unspecified atom stereocenters. The lowest BCUT2D eigenvalue weighted by Gasteiger charge is -2.16. The van der Waals surface area contributed by atoms with Crippen molar-refractivity contribution in [1.29, 1.82) is 0 Å². The van der Waals surface area contributed by atoms with Crippen molar-refractivity contribution >= 4 is 16.8 Å². The lowest BCUT2D eigenvalue weighted by Crippen LogP contribution is -2.26. The van der Waals surface area contributed by atoms with Crippen LogP contribution in [0.25, 0.3) is 10.9 Å². The van der Waals surface area contributed by atoms with E-state index in [0.717, 1.165) is 22.0 Å². The maximum absolute atomic E-state index is 12.6. The average molecular weight is 292 g/mol. The van der Waals surface area contributed by atoms with E-state index in [1.54, 1.807) is 0 Å². The summed E-state index contributed by atoms with van der Waals surface area (Å²) < 4.78 is 1.99. The molecule has 0 radical (unpaired) electrons. The van der Waals surface area contributed by atoms with Crippen molar-refractivity contribution in [1.82, 2.24) is 9.88 Å². The van der Waals surface area contributed by atoms with E-state index in [1.807, 2.05) is 61.1 Å². The maximum Gasteiger partial charge on any atom is 0.253 e. The number of aryl methyl sites for hydroxylation is 2. The number of carbonyl (C=O) groups excluding carboxylic acids is 1. The first-order valence-electron chi connectivity index (χ1n) is 7.48. The number of benzene rings is 2. The summed E-state index contributed by atoms with van der Waals surface area (Å²) in [7, 11) is 1.96. The predicted octanol–water partition coefficient (Wildman–Crippen LogP) is 3.98. The fourth-order valence-electron chi connectivity index (χ4n) is 2.95. The second-order valence-corrected chi connectivity index (χ2v) is 5.72. The molecular weight excluding hydrogens is 272 g/mol. The zero-order valence-electron chi connectivity index (χ0n) is 13.1. The molecule has 3 heteroatoms. The van der Waals surface area contributed by atoms with Crippen molar-refractivity contribution in [3.8, 4) is 0 Å². The molecule has 0 saturated heterocycles. The molecule has 3 rings (SSSR count). The summed E-state index contributed by atoms with van der Waals surface area (Å²) in [4.78, 5) is 12.6. The largest absolute Gasteiger partial charge is 0.350 e. The molecule has 2 aromatic carbocycles. The van der Waals surface area contributed by atoms with Gasteiger partial charge in [-0.05, 0) is 31.0 Å². The number of nitrogens with zero attached hydrogens (tertiary/aromatic N) is 1. The van der Waals surface area contributed by atoms with Gasteiger partial charge >= 0.3 is 0 Å². The Morgan fingerprint density at radius 1 is 1.09 bits per heavy atom. The molecule has 1 amide bonds. The molecular formula is C19H20N2O. The van der Waals surface area contributed by atoms with Crippen molar-refractivity contribution in [3.63, 3.8) is 0 Å². The van der Waals surface area contributed by atoms with E-state index in [9.17, 15) is 4.79 Å². The number of para-hydroxylation sites is 1. The lowest BCUT2D eigenvalue weighted by molar-refractivity contribution is 0.0941. The fraction of sp³-hybridized carbons (Fsp3) is 0.211. The van der Waals surface area contributed by atoms with Crippen LogP contribution < -0.4 is 5.32 Å². The molecule has 1 atom stereocenters. The summed E-state index contributed by atoms with van der Waals surface area (Å²) in [5.41, 5.74) is 4.12. The number of rotatable bonds is 3. The smallest absolute Gasteiger partial charge is 0.253 e. The summed E-state index contributed by atoms with van der Waals surface area (Å²) in [6.45, 7) is 4.08. The van der Waals surface area contributed by atoms with Gasteiger partial charge in [0.25, 0.3) is 5.91 Å². The summed E-state index contributed by atoms with van der Waals surface area (Å²) in [5, 5.41) is 4.09. The third-order valence-corrected chi connectivity index (χ3v) is 4.14. The van der Waals surface area contributed by atoms with Gasteiger partial charge < -0.3 is 9.88 Å². The minimum atomic E-state index is -0.0347. The second-order valence-electron chi connectivity index (χ2n) is 5.72. The average Bonchev–Trinajstić information content (AvgIpc) is 2.85. The van der Waals surface area contributed by atoms with E-state index in [1.165, 1.54) is 5.56 Å². The van der Waals surface area contributed by atoms with Crippen molar-refractivity contribution in [2.45, 2.75) is 19.9 Å². The van der Waals surface area contributed by atoms with Gasteiger partial charge in [-0.1, -0.05) is 42.5 Å². The number of nitrogens with one attached hydrogen (secondary N) is 1. The predicted molar refractivity (Wildman–Crippen MR) is 90.0 cm³/mol. The zero-order valence-corrected chi connectivity index (χ0v) is 13.1. The number of hydrogen-bond donors (Lipinski definition) is 1. The van der Waals surface area contributed by atoms with Gasteiger partial charge in [0.2, 0.25) is 0 Å².